The molecule has 1 aliphatic rings. The number of hydrogen-bond donors (Lipinski definition) is 1. The lowest BCUT2D eigenvalue weighted by Crippen LogP contribution is -2.42. The Labute approximate surface area is 121 Å². The minimum atomic E-state index is 0.290. The second-order valence-corrected chi connectivity index (χ2v) is 5.55. The van der Waals surface area contributed by atoms with Crippen molar-refractivity contribution in [1.29, 1.82) is 0 Å². The molecule has 1 fully saturated rings. The molecule has 0 aliphatic carbocycles. The Bertz CT molecular complexity index is 429. The zero-order valence-electron chi connectivity index (χ0n) is 12.8. The highest BCUT2D eigenvalue weighted by molar-refractivity contribution is 5.11. The molecule has 2 rings (SSSR count). The number of furan rings is 1. The fourth-order valence-electron chi connectivity index (χ4n) is 2.43. The standard InChI is InChI=1S/C16H26N2O2/c1-13(2)6-7-17-12-15(16-5-4-14(3)20-16)18-8-10-19-11-9-18/h4-6,15,17H,7-12H2,1-3H3. The first-order chi connectivity index (χ1) is 9.66. The summed E-state index contributed by atoms with van der Waals surface area (Å²) in [5.74, 6) is 2.02. The maximum Gasteiger partial charge on any atom is 0.122 e. The highest BCUT2D eigenvalue weighted by atomic mass is 16.5. The summed E-state index contributed by atoms with van der Waals surface area (Å²) in [5, 5.41) is 3.50. The molecule has 0 amide bonds. The number of ether oxygens (including phenoxy) is 1. The summed E-state index contributed by atoms with van der Waals surface area (Å²) in [7, 11) is 0. The molecule has 0 bridgehead atoms. The number of nitrogens with one attached hydrogen (secondary N) is 1. The van der Waals surface area contributed by atoms with Crippen LogP contribution in [0.4, 0.5) is 0 Å². The molecule has 1 N–H and O–H groups in total. The third kappa shape index (κ3) is 4.47. The molecule has 0 saturated carbocycles. The number of rotatable bonds is 6. The van der Waals surface area contributed by atoms with Gasteiger partial charge in [0.1, 0.15) is 11.5 Å². The van der Waals surface area contributed by atoms with E-state index in [1.54, 1.807) is 0 Å². The van der Waals surface area contributed by atoms with Gasteiger partial charge in [0.05, 0.1) is 19.3 Å². The van der Waals surface area contributed by atoms with Gasteiger partial charge in [-0.3, -0.25) is 4.90 Å². The van der Waals surface area contributed by atoms with Crippen LogP contribution >= 0.6 is 0 Å². The predicted molar refractivity (Wildman–Crippen MR) is 80.9 cm³/mol. The van der Waals surface area contributed by atoms with Crippen molar-refractivity contribution in [1.82, 2.24) is 10.2 Å². The normalized spacial score (nSPS) is 17.9. The van der Waals surface area contributed by atoms with Gasteiger partial charge in [-0.15, -0.1) is 0 Å². The Balaban J connectivity index is 1.98. The van der Waals surface area contributed by atoms with Crippen molar-refractivity contribution >= 4 is 0 Å². The molecule has 2 heterocycles. The van der Waals surface area contributed by atoms with Crippen LogP contribution in [0.2, 0.25) is 0 Å². The first kappa shape index (κ1) is 15.3. The lowest BCUT2D eigenvalue weighted by Gasteiger charge is -2.33. The van der Waals surface area contributed by atoms with E-state index in [2.05, 4.69) is 36.2 Å². The van der Waals surface area contributed by atoms with Gasteiger partial charge < -0.3 is 14.5 Å². The summed E-state index contributed by atoms with van der Waals surface area (Å²) in [6.07, 6.45) is 2.21. The maximum atomic E-state index is 5.84. The van der Waals surface area contributed by atoms with Gasteiger partial charge in [0, 0.05) is 26.2 Å². The topological polar surface area (TPSA) is 37.6 Å². The minimum Gasteiger partial charge on any atom is -0.465 e. The number of nitrogens with zero attached hydrogens (tertiary/aromatic N) is 1. The van der Waals surface area contributed by atoms with Crippen molar-refractivity contribution < 1.29 is 9.15 Å². The summed E-state index contributed by atoms with van der Waals surface area (Å²) < 4.78 is 11.3. The third-order valence-electron chi connectivity index (χ3n) is 3.57. The number of morpholine rings is 1. The van der Waals surface area contributed by atoms with Crippen molar-refractivity contribution in [2.24, 2.45) is 0 Å². The largest absolute Gasteiger partial charge is 0.465 e. The summed E-state index contributed by atoms with van der Waals surface area (Å²) in [4.78, 5) is 2.44. The van der Waals surface area contributed by atoms with Crippen LogP contribution in [0.25, 0.3) is 0 Å². The summed E-state index contributed by atoms with van der Waals surface area (Å²) in [6.45, 7) is 11.6. The molecule has 1 aromatic rings. The number of allylic oxidation sites excluding steroid dienone is 1. The van der Waals surface area contributed by atoms with Crippen LogP contribution in [-0.2, 0) is 4.74 Å². The van der Waals surface area contributed by atoms with E-state index in [1.807, 2.05) is 13.0 Å². The van der Waals surface area contributed by atoms with E-state index in [0.29, 0.717) is 0 Å². The Morgan fingerprint density at radius 3 is 2.70 bits per heavy atom. The van der Waals surface area contributed by atoms with E-state index in [4.69, 9.17) is 9.15 Å². The smallest absolute Gasteiger partial charge is 0.122 e. The quantitative estimate of drug-likeness (QED) is 0.641. The maximum absolute atomic E-state index is 5.84. The molecule has 4 heteroatoms. The zero-order chi connectivity index (χ0) is 14.4. The SMILES string of the molecule is CC(C)=CCNCC(c1ccc(C)o1)N1CCOCC1. The summed E-state index contributed by atoms with van der Waals surface area (Å²) >= 11 is 0. The Kier molecular flexibility index (Phi) is 5.83. The Hall–Kier alpha value is -1.10. The molecule has 0 spiro atoms. The van der Waals surface area contributed by atoms with Crippen LogP contribution < -0.4 is 5.32 Å². The molecule has 4 nitrogen and oxygen atoms in total. The van der Waals surface area contributed by atoms with Gasteiger partial charge in [-0.2, -0.15) is 0 Å². The molecule has 0 radical (unpaired) electrons. The van der Waals surface area contributed by atoms with Gasteiger partial charge in [-0.1, -0.05) is 11.6 Å². The van der Waals surface area contributed by atoms with Crippen LogP contribution in [0.15, 0.2) is 28.2 Å². The molecule has 112 valence electrons. The molecule has 1 aliphatic heterocycles. The van der Waals surface area contributed by atoms with E-state index in [0.717, 1.165) is 50.9 Å². The van der Waals surface area contributed by atoms with Crippen molar-refractivity contribution in [2.45, 2.75) is 26.8 Å². The average molecular weight is 278 g/mol. The lowest BCUT2D eigenvalue weighted by atomic mass is 10.1. The first-order valence-corrected chi connectivity index (χ1v) is 7.39. The highest BCUT2D eigenvalue weighted by Gasteiger charge is 2.24. The van der Waals surface area contributed by atoms with Gasteiger partial charge in [0.15, 0.2) is 0 Å². The zero-order valence-corrected chi connectivity index (χ0v) is 12.8. The fraction of sp³-hybridized carbons (Fsp3) is 0.625. The molecular weight excluding hydrogens is 252 g/mol. The second-order valence-electron chi connectivity index (χ2n) is 5.55. The predicted octanol–water partition coefficient (Wildman–Crippen LogP) is 2.52. The molecular formula is C16H26N2O2. The minimum absolute atomic E-state index is 0.290. The van der Waals surface area contributed by atoms with Crippen LogP contribution in [0.3, 0.4) is 0 Å². The highest BCUT2D eigenvalue weighted by Crippen LogP contribution is 2.23. The van der Waals surface area contributed by atoms with Crippen LogP contribution in [0.5, 0.6) is 0 Å². The van der Waals surface area contributed by atoms with Gasteiger partial charge >= 0.3 is 0 Å². The third-order valence-corrected chi connectivity index (χ3v) is 3.57. The lowest BCUT2D eigenvalue weighted by molar-refractivity contribution is 0.0117. The Morgan fingerprint density at radius 2 is 2.10 bits per heavy atom. The number of hydrogen-bond acceptors (Lipinski definition) is 4. The van der Waals surface area contributed by atoms with Crippen molar-refractivity contribution in [3.8, 4) is 0 Å². The van der Waals surface area contributed by atoms with Gasteiger partial charge in [0.25, 0.3) is 0 Å². The van der Waals surface area contributed by atoms with E-state index < -0.39 is 0 Å². The van der Waals surface area contributed by atoms with Crippen LogP contribution in [0.1, 0.15) is 31.4 Å². The molecule has 1 unspecified atom stereocenters. The van der Waals surface area contributed by atoms with Crippen LogP contribution in [0, 0.1) is 6.92 Å². The average Bonchev–Trinajstić information content (AvgIpc) is 2.86. The first-order valence-electron chi connectivity index (χ1n) is 7.39. The Morgan fingerprint density at radius 1 is 1.35 bits per heavy atom. The molecule has 1 saturated heterocycles. The second kappa shape index (κ2) is 7.62. The van der Waals surface area contributed by atoms with Crippen LogP contribution in [-0.4, -0.2) is 44.3 Å². The summed E-state index contributed by atoms with van der Waals surface area (Å²) in [5.41, 5.74) is 1.34. The molecule has 20 heavy (non-hydrogen) atoms. The molecule has 0 aromatic carbocycles. The van der Waals surface area contributed by atoms with Gasteiger partial charge in [-0.05, 0) is 32.9 Å². The molecule has 1 aromatic heterocycles. The van der Waals surface area contributed by atoms with Crippen molar-refractivity contribution in [3.63, 3.8) is 0 Å². The van der Waals surface area contributed by atoms with Gasteiger partial charge in [0.2, 0.25) is 0 Å². The van der Waals surface area contributed by atoms with E-state index in [1.165, 1.54) is 5.57 Å². The van der Waals surface area contributed by atoms with E-state index >= 15 is 0 Å². The van der Waals surface area contributed by atoms with Crippen molar-refractivity contribution in [2.75, 3.05) is 39.4 Å². The van der Waals surface area contributed by atoms with Crippen molar-refractivity contribution in [3.05, 3.63) is 35.3 Å². The molecule has 1 atom stereocenters. The monoisotopic (exact) mass is 278 g/mol. The van der Waals surface area contributed by atoms with Gasteiger partial charge in [-0.25, -0.2) is 0 Å². The number of aryl methyl sites for hydroxylation is 1. The van der Waals surface area contributed by atoms with E-state index in [9.17, 15) is 0 Å². The van der Waals surface area contributed by atoms with E-state index in [-0.39, 0.29) is 6.04 Å². The fourth-order valence-corrected chi connectivity index (χ4v) is 2.43. The summed E-state index contributed by atoms with van der Waals surface area (Å²) in [6, 6.07) is 4.43.